The third-order valence-electron chi connectivity index (χ3n) is 7.02. The van der Waals surface area contributed by atoms with Crippen LogP contribution in [0.3, 0.4) is 0 Å². The van der Waals surface area contributed by atoms with E-state index < -0.39 is 0 Å². The summed E-state index contributed by atoms with van der Waals surface area (Å²) in [6, 6.07) is 15.3. The molecule has 2 fully saturated rings. The van der Waals surface area contributed by atoms with E-state index in [1.807, 2.05) is 54.2 Å². The Labute approximate surface area is 214 Å². The van der Waals surface area contributed by atoms with E-state index in [1.54, 1.807) is 18.2 Å². The maximum absolute atomic E-state index is 12.4. The highest BCUT2D eigenvalue weighted by molar-refractivity contribution is 6.35. The lowest BCUT2D eigenvalue weighted by atomic mass is 9.94. The van der Waals surface area contributed by atoms with Crippen molar-refractivity contribution in [2.24, 2.45) is 0 Å². The Morgan fingerprint density at radius 3 is 1.50 bits per heavy atom. The van der Waals surface area contributed by atoms with Crippen molar-refractivity contribution in [2.75, 3.05) is 14.1 Å². The van der Waals surface area contributed by atoms with E-state index in [4.69, 9.17) is 23.2 Å². The smallest absolute Gasteiger partial charge is 0.253 e. The van der Waals surface area contributed by atoms with Gasteiger partial charge < -0.3 is 9.80 Å². The molecule has 4 rings (SSSR count). The second-order valence-corrected chi connectivity index (χ2v) is 10.3. The SMILES string of the molecule is CN(C(=O)c1cc(Cl)cc(Cl)c1)C1CCCCC1.CN(C(=O)c1ccccc1)C1CCCCC1. The van der Waals surface area contributed by atoms with Crippen LogP contribution in [0.5, 0.6) is 0 Å². The number of benzene rings is 2. The van der Waals surface area contributed by atoms with Crippen molar-refractivity contribution >= 4 is 35.0 Å². The second-order valence-electron chi connectivity index (χ2n) is 9.44. The Morgan fingerprint density at radius 2 is 1.06 bits per heavy atom. The van der Waals surface area contributed by atoms with E-state index in [0.29, 0.717) is 27.7 Å². The lowest BCUT2D eigenvalue weighted by molar-refractivity contribution is 0.0689. The average Bonchev–Trinajstić information content (AvgIpc) is 2.88. The molecular weight excluding hydrogens is 467 g/mol. The van der Waals surface area contributed by atoms with Crippen LogP contribution >= 0.6 is 23.2 Å². The summed E-state index contributed by atoms with van der Waals surface area (Å²) in [5.74, 6) is 0.166. The third-order valence-corrected chi connectivity index (χ3v) is 7.45. The molecule has 184 valence electrons. The first-order chi connectivity index (χ1) is 16.4. The standard InChI is InChI=1S/C14H17Cl2NO.C14H19NO/c1-17(13-5-3-2-4-6-13)14(18)10-7-11(15)9-12(16)8-10;1-15(13-10-6-3-7-11-13)14(16)12-8-4-2-5-9-12/h7-9,13H,2-6H2,1H3;2,4-5,8-9,13H,3,6-7,10-11H2,1H3. The highest BCUT2D eigenvalue weighted by Gasteiger charge is 2.24. The van der Waals surface area contributed by atoms with Gasteiger partial charge in [-0.25, -0.2) is 0 Å². The van der Waals surface area contributed by atoms with Crippen molar-refractivity contribution in [1.29, 1.82) is 0 Å². The van der Waals surface area contributed by atoms with Crippen LogP contribution in [0, 0.1) is 0 Å². The van der Waals surface area contributed by atoms with E-state index in [9.17, 15) is 9.59 Å². The van der Waals surface area contributed by atoms with Crippen LogP contribution in [-0.2, 0) is 0 Å². The molecule has 0 aliphatic heterocycles. The summed E-state index contributed by atoms with van der Waals surface area (Å²) in [7, 11) is 3.80. The largest absolute Gasteiger partial charge is 0.339 e. The Bertz CT molecular complexity index is 918. The molecule has 0 radical (unpaired) electrons. The van der Waals surface area contributed by atoms with E-state index in [0.717, 1.165) is 31.2 Å². The summed E-state index contributed by atoms with van der Waals surface area (Å²) < 4.78 is 0. The molecule has 4 nitrogen and oxygen atoms in total. The lowest BCUT2D eigenvalue weighted by Gasteiger charge is -2.31. The first-order valence-corrected chi connectivity index (χ1v) is 13.2. The summed E-state index contributed by atoms with van der Waals surface area (Å²) in [5.41, 5.74) is 1.37. The molecule has 2 aromatic carbocycles. The Morgan fingerprint density at radius 1 is 0.647 bits per heavy atom. The predicted molar refractivity (Wildman–Crippen MR) is 141 cm³/mol. The molecule has 0 saturated heterocycles. The highest BCUT2D eigenvalue weighted by Crippen LogP contribution is 2.25. The number of rotatable bonds is 4. The molecule has 0 unspecified atom stereocenters. The zero-order chi connectivity index (χ0) is 24.5. The van der Waals surface area contributed by atoms with Crippen LogP contribution in [-0.4, -0.2) is 47.8 Å². The molecule has 0 heterocycles. The van der Waals surface area contributed by atoms with Crippen LogP contribution < -0.4 is 0 Å². The number of carbonyl (C=O) groups excluding carboxylic acids is 2. The summed E-state index contributed by atoms with van der Waals surface area (Å²) in [5, 5.41) is 1.01. The van der Waals surface area contributed by atoms with Gasteiger partial charge in [-0.05, 0) is 56.0 Å². The quantitative estimate of drug-likeness (QED) is 0.434. The van der Waals surface area contributed by atoms with E-state index in [-0.39, 0.29) is 11.8 Å². The van der Waals surface area contributed by atoms with E-state index in [1.165, 1.54) is 38.5 Å². The maximum atomic E-state index is 12.4. The van der Waals surface area contributed by atoms with Crippen molar-refractivity contribution in [3.63, 3.8) is 0 Å². The van der Waals surface area contributed by atoms with E-state index >= 15 is 0 Å². The zero-order valence-electron chi connectivity index (χ0n) is 20.3. The monoisotopic (exact) mass is 502 g/mol. The summed E-state index contributed by atoms with van der Waals surface area (Å²) in [4.78, 5) is 28.3. The maximum Gasteiger partial charge on any atom is 0.253 e. The topological polar surface area (TPSA) is 40.6 Å². The van der Waals surface area contributed by atoms with Crippen molar-refractivity contribution in [3.05, 3.63) is 69.7 Å². The fourth-order valence-electron chi connectivity index (χ4n) is 4.93. The molecule has 0 spiro atoms. The molecule has 0 atom stereocenters. The fraction of sp³-hybridized carbons (Fsp3) is 0.500. The van der Waals surface area contributed by atoms with Crippen LogP contribution in [0.2, 0.25) is 10.0 Å². The molecule has 2 amide bonds. The molecule has 2 aliphatic rings. The lowest BCUT2D eigenvalue weighted by Crippen LogP contribution is -2.38. The van der Waals surface area contributed by atoms with Gasteiger partial charge in [-0.3, -0.25) is 9.59 Å². The number of nitrogens with zero attached hydrogens (tertiary/aromatic N) is 2. The third kappa shape index (κ3) is 7.48. The molecule has 0 bridgehead atoms. The summed E-state index contributed by atoms with van der Waals surface area (Å²) in [6.45, 7) is 0. The van der Waals surface area contributed by atoms with Gasteiger partial charge in [0.1, 0.15) is 0 Å². The fourth-order valence-corrected chi connectivity index (χ4v) is 5.46. The Balaban J connectivity index is 0.000000192. The minimum atomic E-state index is 0.00583. The highest BCUT2D eigenvalue weighted by atomic mass is 35.5. The van der Waals surface area contributed by atoms with Crippen LogP contribution in [0.15, 0.2) is 48.5 Å². The second kappa shape index (κ2) is 13.2. The van der Waals surface area contributed by atoms with Crippen LogP contribution in [0.25, 0.3) is 0 Å². The molecule has 6 heteroatoms. The van der Waals surface area contributed by atoms with Crippen LogP contribution in [0.1, 0.15) is 84.9 Å². The van der Waals surface area contributed by atoms with E-state index in [2.05, 4.69) is 0 Å². The number of amides is 2. The van der Waals surface area contributed by atoms with Gasteiger partial charge in [-0.1, -0.05) is 79.9 Å². The van der Waals surface area contributed by atoms with Gasteiger partial charge in [-0.2, -0.15) is 0 Å². The van der Waals surface area contributed by atoms with Crippen molar-refractivity contribution in [3.8, 4) is 0 Å². The van der Waals surface area contributed by atoms with Gasteiger partial charge in [0, 0.05) is 47.4 Å². The minimum Gasteiger partial charge on any atom is -0.339 e. The van der Waals surface area contributed by atoms with Gasteiger partial charge in [0.2, 0.25) is 0 Å². The summed E-state index contributed by atoms with van der Waals surface area (Å²) >= 11 is 11.9. The molecule has 34 heavy (non-hydrogen) atoms. The van der Waals surface area contributed by atoms with Crippen molar-refractivity contribution in [1.82, 2.24) is 9.80 Å². The van der Waals surface area contributed by atoms with Gasteiger partial charge in [0.25, 0.3) is 11.8 Å². The number of carbonyl (C=O) groups is 2. The molecule has 0 aromatic heterocycles. The van der Waals surface area contributed by atoms with Gasteiger partial charge >= 0.3 is 0 Å². The Hall–Kier alpha value is -2.04. The van der Waals surface area contributed by atoms with Crippen LogP contribution in [0.4, 0.5) is 0 Å². The first-order valence-electron chi connectivity index (χ1n) is 12.4. The number of hydrogen-bond acceptors (Lipinski definition) is 2. The Kier molecular flexibility index (Phi) is 10.3. The molecule has 2 saturated carbocycles. The minimum absolute atomic E-state index is 0.00583. The number of halogens is 2. The number of hydrogen-bond donors (Lipinski definition) is 0. The first kappa shape index (κ1) is 26.6. The molecule has 2 aliphatic carbocycles. The van der Waals surface area contributed by atoms with Gasteiger partial charge in [-0.15, -0.1) is 0 Å². The zero-order valence-corrected chi connectivity index (χ0v) is 21.8. The molecule has 0 N–H and O–H groups in total. The summed E-state index contributed by atoms with van der Waals surface area (Å²) in [6.07, 6.45) is 12.0. The van der Waals surface area contributed by atoms with Crippen molar-refractivity contribution in [2.45, 2.75) is 76.3 Å². The normalized spacial score (nSPS) is 16.8. The average molecular weight is 504 g/mol. The van der Waals surface area contributed by atoms with Crippen molar-refractivity contribution < 1.29 is 9.59 Å². The van der Waals surface area contributed by atoms with Gasteiger partial charge in [0.05, 0.1) is 0 Å². The molecule has 2 aromatic rings. The van der Waals surface area contributed by atoms with Gasteiger partial charge in [0.15, 0.2) is 0 Å². The predicted octanol–water partition coefficient (Wildman–Crippen LogP) is 7.49. The molecular formula is C28H36Cl2N2O2.